The summed E-state index contributed by atoms with van der Waals surface area (Å²) >= 11 is 5.91. The lowest BCUT2D eigenvalue weighted by atomic mass is 10.2. The summed E-state index contributed by atoms with van der Waals surface area (Å²) in [5.74, 6) is -0.221. The van der Waals surface area contributed by atoms with E-state index in [1.165, 1.54) is 11.6 Å². The Bertz CT molecular complexity index is 565. The Kier molecular flexibility index (Phi) is 5.21. The molecule has 2 rings (SSSR count). The van der Waals surface area contributed by atoms with E-state index in [9.17, 15) is 4.39 Å². The number of rotatable bonds is 6. The molecule has 0 saturated heterocycles. The van der Waals surface area contributed by atoms with Crippen LogP contribution in [0.2, 0.25) is 5.02 Å². The highest BCUT2D eigenvalue weighted by molar-refractivity contribution is 6.30. The lowest BCUT2D eigenvalue weighted by Gasteiger charge is -2.11. The fraction of sp³-hybridized carbons (Fsp3) is 0.375. The van der Waals surface area contributed by atoms with Crippen LogP contribution in [0.25, 0.3) is 0 Å². The Balaban J connectivity index is 2.07. The number of nitrogens with one attached hydrogen (secondary N) is 1. The molecule has 0 bridgehead atoms. The van der Waals surface area contributed by atoms with Crippen molar-refractivity contribution in [1.82, 2.24) is 9.88 Å². The minimum absolute atomic E-state index is 0.221. The number of hydrogen-bond donors (Lipinski definition) is 1. The summed E-state index contributed by atoms with van der Waals surface area (Å²) in [5.41, 5.74) is 1.81. The predicted octanol–water partition coefficient (Wildman–Crippen LogP) is 4.39. The molecule has 0 aliphatic carbocycles. The van der Waals surface area contributed by atoms with E-state index in [0.717, 1.165) is 13.0 Å². The first-order valence-corrected chi connectivity index (χ1v) is 7.31. The van der Waals surface area contributed by atoms with Crippen LogP contribution in [0.4, 0.5) is 4.39 Å². The first kappa shape index (κ1) is 15.1. The average molecular weight is 295 g/mol. The summed E-state index contributed by atoms with van der Waals surface area (Å²) in [4.78, 5) is 0. The molecular weight excluding hydrogens is 275 g/mol. The number of nitrogens with zero attached hydrogens (tertiary/aromatic N) is 1. The van der Waals surface area contributed by atoms with Gasteiger partial charge in [-0.3, -0.25) is 0 Å². The standard InChI is InChI=1S/C16H20ClFN2/c1-3-7-19-12(2)13-6-8-20(10-13)11-14-9-15(17)4-5-16(14)18/h4-6,8-10,12,19H,3,7,11H2,1-2H3. The largest absolute Gasteiger partial charge is 0.349 e. The van der Waals surface area contributed by atoms with Crippen molar-refractivity contribution >= 4 is 11.6 Å². The normalized spacial score (nSPS) is 12.6. The molecule has 1 heterocycles. The Morgan fingerprint density at radius 2 is 2.15 bits per heavy atom. The first-order valence-electron chi connectivity index (χ1n) is 6.93. The second kappa shape index (κ2) is 6.91. The third-order valence-corrected chi connectivity index (χ3v) is 3.57. The maximum absolute atomic E-state index is 13.7. The molecule has 0 aliphatic rings. The van der Waals surface area contributed by atoms with Gasteiger partial charge in [0.1, 0.15) is 5.82 Å². The van der Waals surface area contributed by atoms with Gasteiger partial charge < -0.3 is 9.88 Å². The summed E-state index contributed by atoms with van der Waals surface area (Å²) in [6, 6.07) is 7.03. The maximum Gasteiger partial charge on any atom is 0.128 e. The maximum atomic E-state index is 13.7. The van der Waals surface area contributed by atoms with Gasteiger partial charge in [-0.2, -0.15) is 0 Å². The average Bonchev–Trinajstić information content (AvgIpc) is 2.89. The first-order chi connectivity index (χ1) is 9.60. The van der Waals surface area contributed by atoms with Crippen molar-refractivity contribution < 1.29 is 4.39 Å². The van der Waals surface area contributed by atoms with E-state index in [0.29, 0.717) is 23.2 Å². The van der Waals surface area contributed by atoms with Crippen molar-refractivity contribution in [3.63, 3.8) is 0 Å². The van der Waals surface area contributed by atoms with Gasteiger partial charge in [0.15, 0.2) is 0 Å². The van der Waals surface area contributed by atoms with Gasteiger partial charge in [-0.05, 0) is 49.7 Å². The van der Waals surface area contributed by atoms with Gasteiger partial charge in [-0.1, -0.05) is 18.5 Å². The fourth-order valence-electron chi connectivity index (χ4n) is 2.15. The van der Waals surface area contributed by atoms with Gasteiger partial charge in [0.25, 0.3) is 0 Å². The summed E-state index contributed by atoms with van der Waals surface area (Å²) in [5, 5.41) is 4.00. The third kappa shape index (κ3) is 3.84. The highest BCUT2D eigenvalue weighted by Gasteiger charge is 2.08. The van der Waals surface area contributed by atoms with Crippen LogP contribution in [0.1, 0.15) is 37.4 Å². The zero-order valence-electron chi connectivity index (χ0n) is 11.9. The van der Waals surface area contributed by atoms with Crippen LogP contribution < -0.4 is 5.32 Å². The highest BCUT2D eigenvalue weighted by atomic mass is 35.5. The molecule has 0 radical (unpaired) electrons. The molecule has 0 amide bonds. The lowest BCUT2D eigenvalue weighted by molar-refractivity contribution is 0.568. The summed E-state index contributed by atoms with van der Waals surface area (Å²) in [6.07, 6.45) is 5.13. The predicted molar refractivity (Wildman–Crippen MR) is 81.7 cm³/mol. The van der Waals surface area contributed by atoms with Gasteiger partial charge in [0, 0.05) is 35.6 Å². The van der Waals surface area contributed by atoms with E-state index in [-0.39, 0.29) is 5.82 Å². The van der Waals surface area contributed by atoms with E-state index in [1.807, 2.05) is 17.0 Å². The van der Waals surface area contributed by atoms with Crippen LogP contribution in [0.5, 0.6) is 0 Å². The Morgan fingerprint density at radius 1 is 1.35 bits per heavy atom. The van der Waals surface area contributed by atoms with Crippen molar-refractivity contribution in [3.8, 4) is 0 Å². The second-order valence-electron chi connectivity index (χ2n) is 5.03. The van der Waals surface area contributed by atoms with E-state index in [4.69, 9.17) is 11.6 Å². The van der Waals surface area contributed by atoms with Gasteiger partial charge in [0.2, 0.25) is 0 Å². The molecular formula is C16H20ClFN2. The van der Waals surface area contributed by atoms with Gasteiger partial charge in [-0.25, -0.2) is 4.39 Å². The van der Waals surface area contributed by atoms with Crippen molar-refractivity contribution in [2.45, 2.75) is 32.9 Å². The SMILES string of the molecule is CCCNC(C)c1ccn(Cc2cc(Cl)ccc2F)c1. The molecule has 108 valence electrons. The van der Waals surface area contributed by atoms with Gasteiger partial charge in [-0.15, -0.1) is 0 Å². The fourth-order valence-corrected chi connectivity index (χ4v) is 2.35. The van der Waals surface area contributed by atoms with Crippen LogP contribution in [0.3, 0.4) is 0 Å². The topological polar surface area (TPSA) is 17.0 Å². The third-order valence-electron chi connectivity index (χ3n) is 3.33. The number of benzene rings is 1. The molecule has 1 aromatic carbocycles. The van der Waals surface area contributed by atoms with E-state index < -0.39 is 0 Å². The summed E-state index contributed by atoms with van der Waals surface area (Å²) in [6.45, 7) is 5.77. The quantitative estimate of drug-likeness (QED) is 0.836. The molecule has 2 aromatic rings. The van der Waals surface area contributed by atoms with Crippen LogP contribution >= 0.6 is 11.6 Å². The number of aromatic nitrogens is 1. The minimum Gasteiger partial charge on any atom is -0.349 e. The Hall–Kier alpha value is -1.32. The molecule has 1 aromatic heterocycles. The molecule has 20 heavy (non-hydrogen) atoms. The van der Waals surface area contributed by atoms with Gasteiger partial charge >= 0.3 is 0 Å². The molecule has 4 heteroatoms. The van der Waals surface area contributed by atoms with Crippen molar-refractivity contribution in [2.24, 2.45) is 0 Å². The molecule has 0 saturated carbocycles. The van der Waals surface area contributed by atoms with Crippen molar-refractivity contribution in [3.05, 3.63) is 58.6 Å². The summed E-state index contributed by atoms with van der Waals surface area (Å²) < 4.78 is 15.7. The van der Waals surface area contributed by atoms with Crippen molar-refractivity contribution in [1.29, 1.82) is 0 Å². The lowest BCUT2D eigenvalue weighted by Crippen LogP contribution is -2.18. The molecule has 1 N–H and O–H groups in total. The Labute approximate surface area is 124 Å². The Morgan fingerprint density at radius 3 is 2.90 bits per heavy atom. The van der Waals surface area contributed by atoms with Crippen LogP contribution in [0.15, 0.2) is 36.7 Å². The molecule has 0 spiro atoms. The van der Waals surface area contributed by atoms with E-state index in [2.05, 4.69) is 25.2 Å². The smallest absolute Gasteiger partial charge is 0.128 e. The van der Waals surface area contributed by atoms with E-state index >= 15 is 0 Å². The number of halogens is 2. The van der Waals surface area contributed by atoms with Crippen molar-refractivity contribution in [2.75, 3.05) is 6.54 Å². The molecule has 0 aliphatic heterocycles. The van der Waals surface area contributed by atoms with E-state index in [1.54, 1.807) is 12.1 Å². The monoisotopic (exact) mass is 294 g/mol. The highest BCUT2D eigenvalue weighted by Crippen LogP contribution is 2.18. The van der Waals surface area contributed by atoms with Crippen LogP contribution in [-0.4, -0.2) is 11.1 Å². The minimum atomic E-state index is -0.221. The van der Waals surface area contributed by atoms with Crippen LogP contribution in [0, 0.1) is 5.82 Å². The molecule has 2 nitrogen and oxygen atoms in total. The van der Waals surface area contributed by atoms with Gasteiger partial charge in [0.05, 0.1) is 0 Å². The summed E-state index contributed by atoms with van der Waals surface area (Å²) in [7, 11) is 0. The van der Waals surface area contributed by atoms with Crippen LogP contribution in [-0.2, 0) is 6.54 Å². The number of hydrogen-bond acceptors (Lipinski definition) is 1. The molecule has 1 atom stereocenters. The second-order valence-corrected chi connectivity index (χ2v) is 5.47. The molecule has 0 fully saturated rings. The zero-order chi connectivity index (χ0) is 14.5. The molecule has 1 unspecified atom stereocenters. The zero-order valence-corrected chi connectivity index (χ0v) is 12.6.